The van der Waals surface area contributed by atoms with Gasteiger partial charge in [-0.2, -0.15) is 0 Å². The number of nitrogens with zero attached hydrogens (tertiary/aromatic N) is 1. The third-order valence-corrected chi connectivity index (χ3v) is 1.90. The Morgan fingerprint density at radius 3 is 2.33 bits per heavy atom. The highest BCUT2D eigenvalue weighted by Crippen LogP contribution is 2.09. The lowest BCUT2D eigenvalue weighted by Gasteiger charge is -2.24. The SMILES string of the molecule is CC(C)C[C@@H](C(=O)NC(N)=O)N(C)C=O. The van der Waals surface area contributed by atoms with Gasteiger partial charge in [0.25, 0.3) is 5.91 Å². The number of hydrogen-bond donors (Lipinski definition) is 2. The van der Waals surface area contributed by atoms with Crippen molar-refractivity contribution in [3.05, 3.63) is 0 Å². The first-order valence-corrected chi connectivity index (χ1v) is 4.66. The van der Waals surface area contributed by atoms with E-state index in [1.54, 1.807) is 0 Å². The van der Waals surface area contributed by atoms with Gasteiger partial charge in [0.2, 0.25) is 6.41 Å². The van der Waals surface area contributed by atoms with Crippen LogP contribution in [0.4, 0.5) is 4.79 Å². The molecule has 0 spiro atoms. The zero-order valence-electron chi connectivity index (χ0n) is 9.19. The average Bonchev–Trinajstić information content (AvgIpc) is 2.11. The molecule has 0 fully saturated rings. The Balaban J connectivity index is 4.54. The molecule has 0 aromatic carbocycles. The predicted octanol–water partition coefficient (Wildman–Crippen LogP) is -0.316. The molecule has 86 valence electrons. The summed E-state index contributed by atoms with van der Waals surface area (Å²) in [6.07, 6.45) is 1.03. The van der Waals surface area contributed by atoms with Crippen LogP contribution >= 0.6 is 0 Å². The van der Waals surface area contributed by atoms with Crippen LogP contribution in [0.1, 0.15) is 20.3 Å². The molecule has 0 heterocycles. The minimum atomic E-state index is -0.909. The molecule has 6 nitrogen and oxygen atoms in total. The molecule has 0 bridgehead atoms. The molecule has 0 aromatic rings. The van der Waals surface area contributed by atoms with Crippen LogP contribution in [-0.2, 0) is 9.59 Å². The van der Waals surface area contributed by atoms with Gasteiger partial charge in [-0.15, -0.1) is 0 Å². The van der Waals surface area contributed by atoms with Crippen molar-refractivity contribution < 1.29 is 14.4 Å². The van der Waals surface area contributed by atoms with E-state index in [1.807, 2.05) is 19.2 Å². The Labute approximate surface area is 88.8 Å². The molecule has 6 heteroatoms. The molecule has 0 aromatic heterocycles. The summed E-state index contributed by atoms with van der Waals surface area (Å²) in [7, 11) is 1.49. The molecule has 4 amide bonds. The summed E-state index contributed by atoms with van der Waals surface area (Å²) in [4.78, 5) is 33.7. The fourth-order valence-corrected chi connectivity index (χ4v) is 1.18. The summed E-state index contributed by atoms with van der Waals surface area (Å²) in [5.41, 5.74) is 4.83. The van der Waals surface area contributed by atoms with Gasteiger partial charge in [-0.05, 0) is 12.3 Å². The number of carbonyl (C=O) groups is 3. The number of primary amides is 1. The molecule has 0 saturated heterocycles. The first kappa shape index (κ1) is 13.4. The van der Waals surface area contributed by atoms with Crippen LogP contribution in [0.3, 0.4) is 0 Å². The molecule has 15 heavy (non-hydrogen) atoms. The normalized spacial score (nSPS) is 12.0. The zero-order chi connectivity index (χ0) is 12.0. The summed E-state index contributed by atoms with van der Waals surface area (Å²) in [5.74, 6) is -0.318. The Morgan fingerprint density at radius 1 is 1.47 bits per heavy atom. The van der Waals surface area contributed by atoms with Gasteiger partial charge in [-0.25, -0.2) is 4.79 Å². The lowest BCUT2D eigenvalue weighted by atomic mass is 10.0. The van der Waals surface area contributed by atoms with Crippen molar-refractivity contribution in [1.82, 2.24) is 10.2 Å². The lowest BCUT2D eigenvalue weighted by Crippen LogP contribution is -2.48. The minimum absolute atomic E-state index is 0.232. The van der Waals surface area contributed by atoms with Gasteiger partial charge < -0.3 is 10.6 Å². The number of rotatable bonds is 5. The van der Waals surface area contributed by atoms with Gasteiger partial charge in [0, 0.05) is 7.05 Å². The number of nitrogens with one attached hydrogen (secondary N) is 1. The van der Waals surface area contributed by atoms with E-state index in [1.165, 1.54) is 11.9 Å². The maximum absolute atomic E-state index is 11.5. The fraction of sp³-hybridized carbons (Fsp3) is 0.667. The number of amides is 4. The molecule has 0 saturated carbocycles. The minimum Gasteiger partial charge on any atom is -0.351 e. The van der Waals surface area contributed by atoms with Gasteiger partial charge in [0.1, 0.15) is 6.04 Å². The van der Waals surface area contributed by atoms with Crippen LogP contribution in [0.15, 0.2) is 0 Å². The zero-order valence-corrected chi connectivity index (χ0v) is 9.19. The van der Waals surface area contributed by atoms with E-state index < -0.39 is 18.0 Å². The van der Waals surface area contributed by atoms with Crippen molar-refractivity contribution >= 4 is 18.3 Å². The van der Waals surface area contributed by atoms with Gasteiger partial charge in [0.05, 0.1) is 0 Å². The molecule has 0 aliphatic heterocycles. The van der Waals surface area contributed by atoms with Crippen molar-refractivity contribution in [2.24, 2.45) is 11.7 Å². The van der Waals surface area contributed by atoms with Crippen LogP contribution in [0.2, 0.25) is 0 Å². The van der Waals surface area contributed by atoms with E-state index in [0.717, 1.165) is 0 Å². The third kappa shape index (κ3) is 4.99. The largest absolute Gasteiger partial charge is 0.351 e. The molecule has 1 atom stereocenters. The topological polar surface area (TPSA) is 92.5 Å². The predicted molar refractivity (Wildman–Crippen MR) is 54.8 cm³/mol. The summed E-state index contributed by atoms with van der Waals surface area (Å²) < 4.78 is 0. The summed E-state index contributed by atoms with van der Waals surface area (Å²) in [6.45, 7) is 3.84. The average molecular weight is 215 g/mol. The van der Waals surface area contributed by atoms with Crippen LogP contribution in [0.5, 0.6) is 0 Å². The third-order valence-electron chi connectivity index (χ3n) is 1.90. The molecule has 0 aliphatic carbocycles. The summed E-state index contributed by atoms with van der Waals surface area (Å²) in [5, 5.41) is 1.96. The van der Waals surface area contributed by atoms with Crippen molar-refractivity contribution in [3.8, 4) is 0 Å². The lowest BCUT2D eigenvalue weighted by molar-refractivity contribution is -0.131. The second-order valence-corrected chi connectivity index (χ2v) is 3.77. The Morgan fingerprint density at radius 2 is 2.00 bits per heavy atom. The molecular weight excluding hydrogens is 198 g/mol. The van der Waals surface area contributed by atoms with Crippen molar-refractivity contribution in [2.75, 3.05) is 7.05 Å². The number of urea groups is 1. The van der Waals surface area contributed by atoms with Gasteiger partial charge >= 0.3 is 6.03 Å². The highest BCUT2D eigenvalue weighted by molar-refractivity contribution is 5.96. The van der Waals surface area contributed by atoms with E-state index in [4.69, 9.17) is 5.73 Å². The van der Waals surface area contributed by atoms with Crippen LogP contribution in [0, 0.1) is 5.92 Å². The highest BCUT2D eigenvalue weighted by Gasteiger charge is 2.24. The Bertz CT molecular complexity index is 253. The first-order chi connectivity index (χ1) is 6.88. The second kappa shape index (κ2) is 6.00. The van der Waals surface area contributed by atoms with Crippen LogP contribution < -0.4 is 11.1 Å². The van der Waals surface area contributed by atoms with Crippen LogP contribution in [-0.4, -0.2) is 36.3 Å². The maximum Gasteiger partial charge on any atom is 0.318 e. The van der Waals surface area contributed by atoms with Gasteiger partial charge in [-0.3, -0.25) is 14.9 Å². The molecule has 0 rings (SSSR count). The van der Waals surface area contributed by atoms with E-state index in [-0.39, 0.29) is 5.92 Å². The number of nitrogens with two attached hydrogens (primary N) is 1. The molecule has 0 radical (unpaired) electrons. The monoisotopic (exact) mass is 215 g/mol. The number of imide groups is 1. The molecule has 3 N–H and O–H groups in total. The standard InChI is InChI=1S/C9H17N3O3/c1-6(2)4-7(12(3)5-13)8(14)11-9(10)15/h5-7H,4H2,1-3H3,(H3,10,11,14,15)/t7-/m0/s1. The van der Waals surface area contributed by atoms with Crippen molar-refractivity contribution in [1.29, 1.82) is 0 Å². The quantitative estimate of drug-likeness (QED) is 0.616. The van der Waals surface area contributed by atoms with Crippen molar-refractivity contribution in [2.45, 2.75) is 26.3 Å². The smallest absolute Gasteiger partial charge is 0.318 e. The van der Waals surface area contributed by atoms with Gasteiger partial charge in [0.15, 0.2) is 0 Å². The highest BCUT2D eigenvalue weighted by atomic mass is 16.2. The van der Waals surface area contributed by atoms with E-state index >= 15 is 0 Å². The second-order valence-electron chi connectivity index (χ2n) is 3.77. The number of hydrogen-bond acceptors (Lipinski definition) is 3. The fourth-order valence-electron chi connectivity index (χ4n) is 1.18. The first-order valence-electron chi connectivity index (χ1n) is 4.66. The van der Waals surface area contributed by atoms with Gasteiger partial charge in [-0.1, -0.05) is 13.8 Å². The Hall–Kier alpha value is -1.59. The molecule has 0 unspecified atom stereocenters. The van der Waals surface area contributed by atoms with E-state index in [9.17, 15) is 14.4 Å². The van der Waals surface area contributed by atoms with E-state index in [2.05, 4.69) is 0 Å². The molecule has 0 aliphatic rings. The number of likely N-dealkylation sites (N-methyl/N-ethyl adjacent to an activating group) is 1. The maximum atomic E-state index is 11.5. The van der Waals surface area contributed by atoms with E-state index in [0.29, 0.717) is 12.8 Å². The molecular formula is C9H17N3O3. The summed E-state index contributed by atoms with van der Waals surface area (Å²) >= 11 is 0. The number of carbonyl (C=O) groups excluding carboxylic acids is 3. The Kier molecular flexibility index (Phi) is 5.36. The van der Waals surface area contributed by atoms with Crippen molar-refractivity contribution in [3.63, 3.8) is 0 Å². The summed E-state index contributed by atoms with van der Waals surface area (Å²) in [6, 6.07) is -1.57. The van der Waals surface area contributed by atoms with Crippen LogP contribution in [0.25, 0.3) is 0 Å².